The molecule has 7 heteroatoms. The Bertz CT molecular complexity index is 932. The second-order valence-corrected chi connectivity index (χ2v) is 9.08. The number of aliphatic imine (C=N–C) groups is 1. The highest BCUT2D eigenvalue weighted by atomic mass is 32.2. The van der Waals surface area contributed by atoms with Gasteiger partial charge in [0, 0.05) is 48.4 Å². The van der Waals surface area contributed by atoms with Crippen LogP contribution in [0.25, 0.3) is 0 Å². The van der Waals surface area contributed by atoms with E-state index in [0.29, 0.717) is 12.6 Å². The lowest BCUT2D eigenvalue weighted by Gasteiger charge is -2.34. The topological polar surface area (TPSA) is 50.2 Å². The van der Waals surface area contributed by atoms with E-state index >= 15 is 0 Å². The van der Waals surface area contributed by atoms with Gasteiger partial charge >= 0.3 is 0 Å². The van der Waals surface area contributed by atoms with E-state index in [1.165, 1.54) is 11.3 Å². The van der Waals surface area contributed by atoms with Crippen LogP contribution in [0.2, 0.25) is 0 Å². The summed E-state index contributed by atoms with van der Waals surface area (Å²) in [6, 6.07) is 13.4. The minimum Gasteiger partial charge on any atom is -0.493 e. The third kappa shape index (κ3) is 3.89. The van der Waals surface area contributed by atoms with Gasteiger partial charge in [-0.3, -0.25) is 9.98 Å². The predicted molar refractivity (Wildman–Crippen MR) is 126 cm³/mol. The first-order valence-electron chi connectivity index (χ1n) is 11.3. The molecule has 0 bridgehead atoms. The van der Waals surface area contributed by atoms with Gasteiger partial charge in [-0.1, -0.05) is 30.8 Å². The van der Waals surface area contributed by atoms with Gasteiger partial charge in [0.05, 0.1) is 31.6 Å². The zero-order valence-electron chi connectivity index (χ0n) is 18.2. The van der Waals surface area contributed by atoms with E-state index in [9.17, 15) is 0 Å². The standard InChI is InChI=1S/C24H30N4O2S/c1-3-17-16-31-24-26-22(20-7-5-6-10-25-20)23(28(17)24)19-9-8-18(15-21(19)30-4-2)27-11-13-29-14-12-27/h5-10,15,17,22-23H,3-4,11-14,16H2,1-2H3/t17-,22+,23-/m1/s1. The smallest absolute Gasteiger partial charge is 0.160 e. The average molecular weight is 439 g/mol. The molecule has 2 saturated heterocycles. The molecular formula is C24H30N4O2S. The lowest BCUT2D eigenvalue weighted by molar-refractivity contribution is 0.122. The van der Waals surface area contributed by atoms with Gasteiger partial charge < -0.3 is 19.3 Å². The highest BCUT2D eigenvalue weighted by molar-refractivity contribution is 8.14. The maximum Gasteiger partial charge on any atom is 0.160 e. The zero-order valence-corrected chi connectivity index (χ0v) is 19.1. The zero-order chi connectivity index (χ0) is 21.2. The Labute approximate surface area is 188 Å². The van der Waals surface area contributed by atoms with Gasteiger partial charge in [0.15, 0.2) is 5.17 Å². The summed E-state index contributed by atoms with van der Waals surface area (Å²) in [6.45, 7) is 8.34. The molecular weight excluding hydrogens is 408 g/mol. The van der Waals surface area contributed by atoms with E-state index in [-0.39, 0.29) is 12.1 Å². The normalized spacial score (nSPS) is 25.5. The van der Waals surface area contributed by atoms with Crippen LogP contribution < -0.4 is 9.64 Å². The number of hydrogen-bond acceptors (Lipinski definition) is 7. The summed E-state index contributed by atoms with van der Waals surface area (Å²) < 4.78 is 11.8. The predicted octanol–water partition coefficient (Wildman–Crippen LogP) is 4.30. The largest absolute Gasteiger partial charge is 0.493 e. The lowest BCUT2D eigenvalue weighted by Crippen LogP contribution is -2.37. The van der Waals surface area contributed by atoms with Crippen LogP contribution in [0.15, 0.2) is 47.6 Å². The fraction of sp³-hybridized carbons (Fsp3) is 0.500. The van der Waals surface area contributed by atoms with Crippen LogP contribution in [0.1, 0.15) is 43.6 Å². The van der Waals surface area contributed by atoms with Crippen molar-refractivity contribution in [3.8, 4) is 5.75 Å². The number of aromatic nitrogens is 1. The molecule has 0 saturated carbocycles. The molecule has 164 valence electrons. The third-order valence-corrected chi connectivity index (χ3v) is 7.45. The molecule has 0 unspecified atom stereocenters. The van der Waals surface area contributed by atoms with Crippen LogP contribution in [-0.2, 0) is 4.74 Å². The second kappa shape index (κ2) is 9.09. The van der Waals surface area contributed by atoms with Gasteiger partial charge in [0.25, 0.3) is 0 Å². The van der Waals surface area contributed by atoms with E-state index in [4.69, 9.17) is 14.5 Å². The molecule has 1 aromatic heterocycles. The Morgan fingerprint density at radius 1 is 1.16 bits per heavy atom. The molecule has 3 aliphatic rings. The van der Waals surface area contributed by atoms with Gasteiger partial charge in [-0.2, -0.15) is 0 Å². The summed E-state index contributed by atoms with van der Waals surface area (Å²) in [5.41, 5.74) is 3.42. The van der Waals surface area contributed by atoms with E-state index in [2.05, 4.69) is 59.0 Å². The minimum absolute atomic E-state index is 0.0218. The summed E-state index contributed by atoms with van der Waals surface area (Å²) >= 11 is 1.87. The quantitative estimate of drug-likeness (QED) is 0.670. The van der Waals surface area contributed by atoms with Crippen molar-refractivity contribution in [3.63, 3.8) is 0 Å². The number of anilines is 1. The molecule has 0 spiro atoms. The molecule has 31 heavy (non-hydrogen) atoms. The first kappa shape index (κ1) is 20.6. The van der Waals surface area contributed by atoms with Crippen molar-refractivity contribution in [1.29, 1.82) is 0 Å². The molecule has 1 aromatic carbocycles. The maximum absolute atomic E-state index is 6.22. The van der Waals surface area contributed by atoms with Crippen LogP contribution in [0, 0.1) is 0 Å². The Balaban J connectivity index is 1.56. The Morgan fingerprint density at radius 2 is 2.03 bits per heavy atom. The summed E-state index contributed by atoms with van der Waals surface area (Å²) in [5, 5.41) is 1.15. The highest BCUT2D eigenvalue weighted by Gasteiger charge is 2.46. The first-order valence-corrected chi connectivity index (χ1v) is 12.3. The number of benzene rings is 1. The number of thioether (sulfide) groups is 1. The van der Waals surface area contributed by atoms with Crippen LogP contribution in [0.5, 0.6) is 5.75 Å². The van der Waals surface area contributed by atoms with Crippen molar-refractivity contribution in [3.05, 3.63) is 53.9 Å². The number of rotatable bonds is 6. The van der Waals surface area contributed by atoms with Crippen molar-refractivity contribution in [2.24, 2.45) is 4.99 Å². The van der Waals surface area contributed by atoms with Gasteiger partial charge in [-0.05, 0) is 31.5 Å². The number of fused-ring (bicyclic) bond motifs is 1. The SMILES string of the molecule is CCOc1cc(N2CCOCC2)ccc1[C@@H]1[C@H](c2ccccn2)N=C2SC[C@@H](CC)N21. The van der Waals surface area contributed by atoms with E-state index in [1.807, 2.05) is 24.0 Å². The Kier molecular flexibility index (Phi) is 6.05. The van der Waals surface area contributed by atoms with Gasteiger partial charge in [-0.15, -0.1) is 0 Å². The van der Waals surface area contributed by atoms with Crippen LogP contribution >= 0.6 is 11.8 Å². The number of ether oxygens (including phenoxy) is 2. The van der Waals surface area contributed by atoms with Crippen LogP contribution in [0.4, 0.5) is 5.69 Å². The third-order valence-electron chi connectivity index (χ3n) is 6.32. The lowest BCUT2D eigenvalue weighted by atomic mass is 9.94. The van der Waals surface area contributed by atoms with E-state index < -0.39 is 0 Å². The second-order valence-electron chi connectivity index (χ2n) is 8.09. The molecule has 3 aliphatic heterocycles. The van der Waals surface area contributed by atoms with Gasteiger partial charge in [0.2, 0.25) is 0 Å². The molecule has 3 atom stereocenters. The summed E-state index contributed by atoms with van der Waals surface area (Å²) in [5.74, 6) is 2.05. The van der Waals surface area contributed by atoms with Gasteiger partial charge in [-0.25, -0.2) is 0 Å². The number of pyridine rings is 1. The molecule has 0 aliphatic carbocycles. The van der Waals surface area contributed by atoms with Crippen molar-refractivity contribution < 1.29 is 9.47 Å². The number of amidine groups is 1. The minimum atomic E-state index is -0.0218. The fourth-order valence-electron chi connectivity index (χ4n) is 4.75. The first-order chi connectivity index (χ1) is 15.3. The van der Waals surface area contributed by atoms with E-state index in [0.717, 1.165) is 55.1 Å². The molecule has 5 rings (SSSR count). The van der Waals surface area contributed by atoms with Crippen molar-refractivity contribution in [2.45, 2.75) is 38.4 Å². The summed E-state index contributed by atoms with van der Waals surface area (Å²) in [7, 11) is 0. The maximum atomic E-state index is 6.22. The summed E-state index contributed by atoms with van der Waals surface area (Å²) in [4.78, 5) is 14.7. The van der Waals surface area contributed by atoms with Gasteiger partial charge in [0.1, 0.15) is 11.8 Å². The molecule has 0 amide bonds. The fourth-order valence-corrected chi connectivity index (χ4v) is 6.09. The van der Waals surface area contributed by atoms with Crippen LogP contribution in [0.3, 0.4) is 0 Å². The van der Waals surface area contributed by atoms with Crippen molar-refractivity contribution in [1.82, 2.24) is 9.88 Å². The van der Waals surface area contributed by atoms with Crippen molar-refractivity contribution >= 4 is 22.6 Å². The molecule has 6 nitrogen and oxygen atoms in total. The Hall–Kier alpha value is -2.25. The van der Waals surface area contributed by atoms with Crippen LogP contribution in [-0.4, -0.2) is 59.8 Å². The highest BCUT2D eigenvalue weighted by Crippen LogP contribution is 2.50. The molecule has 0 radical (unpaired) electrons. The Morgan fingerprint density at radius 3 is 2.77 bits per heavy atom. The molecule has 2 aromatic rings. The molecule has 4 heterocycles. The average Bonchev–Trinajstić information content (AvgIpc) is 3.40. The number of hydrogen-bond donors (Lipinski definition) is 0. The van der Waals surface area contributed by atoms with E-state index in [1.54, 1.807) is 0 Å². The molecule has 0 N–H and O–H groups in total. The summed E-state index contributed by atoms with van der Waals surface area (Å²) in [6.07, 6.45) is 2.97. The number of nitrogens with zero attached hydrogens (tertiary/aromatic N) is 4. The number of morpholine rings is 1. The monoisotopic (exact) mass is 438 g/mol. The molecule has 2 fully saturated rings. The van der Waals surface area contributed by atoms with Crippen molar-refractivity contribution in [2.75, 3.05) is 43.6 Å².